The third-order valence-electron chi connectivity index (χ3n) is 2.42. The maximum Gasteiger partial charge on any atom is 0.344 e. The second-order valence-corrected chi connectivity index (χ2v) is 4.53. The Morgan fingerprint density at radius 2 is 2.29 bits per heavy atom. The average molecular weight is 251 g/mol. The number of rotatable bonds is 3. The van der Waals surface area contributed by atoms with Crippen molar-refractivity contribution >= 4 is 17.3 Å². The predicted octanol–water partition coefficient (Wildman–Crippen LogP) is 3.20. The Bertz CT molecular complexity index is 542. The van der Waals surface area contributed by atoms with Crippen LogP contribution in [-0.4, -0.2) is 17.7 Å². The number of aromatic nitrogens is 1. The molecule has 0 unspecified atom stereocenters. The lowest BCUT2D eigenvalue weighted by atomic mass is 10.1. The van der Waals surface area contributed by atoms with Gasteiger partial charge in [-0.25, -0.2) is 4.79 Å². The van der Waals surface area contributed by atoms with Crippen LogP contribution in [0.4, 0.5) is 0 Å². The molecular formula is C12H13NO3S. The monoisotopic (exact) mass is 251 g/mol. The van der Waals surface area contributed by atoms with Crippen molar-refractivity contribution in [3.05, 3.63) is 28.3 Å². The first-order valence-corrected chi connectivity index (χ1v) is 6.21. The number of nitrogens with zero attached hydrogens (tertiary/aromatic N) is 1. The molecule has 90 valence electrons. The molecule has 2 rings (SSSR count). The summed E-state index contributed by atoms with van der Waals surface area (Å²) >= 11 is 1.54. The molecule has 0 N–H and O–H groups in total. The van der Waals surface area contributed by atoms with Gasteiger partial charge in [0.15, 0.2) is 0 Å². The normalized spacial score (nSPS) is 10.5. The molecule has 0 amide bonds. The van der Waals surface area contributed by atoms with Crippen molar-refractivity contribution in [3.8, 4) is 10.6 Å². The van der Waals surface area contributed by atoms with E-state index in [4.69, 9.17) is 9.26 Å². The molecule has 0 aliphatic heterocycles. The van der Waals surface area contributed by atoms with Gasteiger partial charge in [-0.15, -0.1) is 11.3 Å². The van der Waals surface area contributed by atoms with Crippen molar-refractivity contribution in [2.24, 2.45) is 0 Å². The number of aryl methyl sites for hydroxylation is 2. The van der Waals surface area contributed by atoms with Crippen LogP contribution in [0.25, 0.3) is 10.6 Å². The fourth-order valence-electron chi connectivity index (χ4n) is 1.59. The number of hydrogen-bond donors (Lipinski definition) is 0. The first-order valence-electron chi connectivity index (χ1n) is 5.33. The summed E-state index contributed by atoms with van der Waals surface area (Å²) in [5, 5.41) is 5.92. The average Bonchev–Trinajstić information content (AvgIpc) is 2.84. The Balaban J connectivity index is 2.50. The molecule has 0 atom stereocenters. The molecule has 0 fully saturated rings. The van der Waals surface area contributed by atoms with Crippen LogP contribution in [0.1, 0.15) is 28.6 Å². The highest BCUT2D eigenvalue weighted by Crippen LogP contribution is 2.32. The minimum atomic E-state index is -0.381. The Hall–Kier alpha value is -1.62. The van der Waals surface area contributed by atoms with Crippen LogP contribution in [0, 0.1) is 13.8 Å². The van der Waals surface area contributed by atoms with Gasteiger partial charge >= 0.3 is 5.97 Å². The van der Waals surface area contributed by atoms with E-state index in [9.17, 15) is 4.79 Å². The topological polar surface area (TPSA) is 52.3 Å². The van der Waals surface area contributed by atoms with Crippen LogP contribution < -0.4 is 0 Å². The molecule has 0 bridgehead atoms. The summed E-state index contributed by atoms with van der Waals surface area (Å²) in [6.45, 7) is 5.81. The highest BCUT2D eigenvalue weighted by Gasteiger charge is 2.24. The summed E-state index contributed by atoms with van der Waals surface area (Å²) in [4.78, 5) is 12.8. The van der Waals surface area contributed by atoms with Gasteiger partial charge in [-0.3, -0.25) is 0 Å². The SMILES string of the molecule is CCOC(=O)c1c(-c2sccc2C)noc1C. The van der Waals surface area contributed by atoms with Gasteiger partial charge in [0.1, 0.15) is 17.0 Å². The third kappa shape index (κ3) is 2.10. The van der Waals surface area contributed by atoms with Crippen molar-refractivity contribution in [1.82, 2.24) is 5.16 Å². The van der Waals surface area contributed by atoms with Gasteiger partial charge in [0, 0.05) is 0 Å². The standard InChI is InChI=1S/C12H13NO3S/c1-4-15-12(14)9-8(3)16-13-10(9)11-7(2)5-6-17-11/h5-6H,4H2,1-3H3. The molecule has 5 heteroatoms. The molecule has 0 spiro atoms. The molecule has 2 heterocycles. The summed E-state index contributed by atoms with van der Waals surface area (Å²) in [5.41, 5.74) is 2.08. The number of hydrogen-bond acceptors (Lipinski definition) is 5. The van der Waals surface area contributed by atoms with E-state index in [0.29, 0.717) is 23.6 Å². The van der Waals surface area contributed by atoms with E-state index in [2.05, 4.69) is 5.16 Å². The Morgan fingerprint density at radius 1 is 1.53 bits per heavy atom. The molecule has 0 aliphatic rings. The fraction of sp³-hybridized carbons (Fsp3) is 0.333. The molecule has 4 nitrogen and oxygen atoms in total. The summed E-state index contributed by atoms with van der Waals surface area (Å²) < 4.78 is 10.1. The minimum Gasteiger partial charge on any atom is -0.462 e. The van der Waals surface area contributed by atoms with Gasteiger partial charge in [-0.2, -0.15) is 0 Å². The lowest BCUT2D eigenvalue weighted by Gasteiger charge is -2.01. The summed E-state index contributed by atoms with van der Waals surface area (Å²) in [7, 11) is 0. The number of carbonyl (C=O) groups excluding carboxylic acids is 1. The first-order chi connectivity index (χ1) is 8.15. The smallest absolute Gasteiger partial charge is 0.344 e. The quantitative estimate of drug-likeness (QED) is 0.786. The van der Waals surface area contributed by atoms with Crippen LogP contribution in [-0.2, 0) is 4.74 Å². The van der Waals surface area contributed by atoms with Crippen LogP contribution in [0.3, 0.4) is 0 Å². The zero-order valence-corrected chi connectivity index (χ0v) is 10.8. The van der Waals surface area contributed by atoms with Gasteiger partial charge in [-0.1, -0.05) is 5.16 Å². The summed E-state index contributed by atoms with van der Waals surface area (Å²) in [5.74, 6) is 0.111. The van der Waals surface area contributed by atoms with Crippen LogP contribution in [0.2, 0.25) is 0 Å². The number of ether oxygens (including phenoxy) is 1. The highest BCUT2D eigenvalue weighted by molar-refractivity contribution is 7.13. The summed E-state index contributed by atoms with van der Waals surface area (Å²) in [6, 6.07) is 1.99. The molecule has 0 saturated carbocycles. The molecule has 17 heavy (non-hydrogen) atoms. The van der Waals surface area contributed by atoms with Crippen molar-refractivity contribution in [1.29, 1.82) is 0 Å². The minimum absolute atomic E-state index is 0.340. The number of thiophene rings is 1. The molecule has 2 aromatic heterocycles. The van der Waals surface area contributed by atoms with E-state index in [-0.39, 0.29) is 5.97 Å². The Kier molecular flexibility index (Phi) is 3.28. The molecule has 0 aromatic carbocycles. The highest BCUT2D eigenvalue weighted by atomic mass is 32.1. The molecule has 0 saturated heterocycles. The maximum absolute atomic E-state index is 11.8. The second-order valence-electron chi connectivity index (χ2n) is 3.62. The zero-order chi connectivity index (χ0) is 12.4. The molecular weight excluding hydrogens is 238 g/mol. The van der Waals surface area contributed by atoms with Gasteiger partial charge in [0.2, 0.25) is 0 Å². The van der Waals surface area contributed by atoms with Crippen LogP contribution in [0.5, 0.6) is 0 Å². The van der Waals surface area contributed by atoms with Gasteiger partial charge in [0.05, 0.1) is 11.5 Å². The van der Waals surface area contributed by atoms with Crippen molar-refractivity contribution in [3.63, 3.8) is 0 Å². The van der Waals surface area contributed by atoms with E-state index in [1.807, 2.05) is 18.4 Å². The molecule has 0 aliphatic carbocycles. The predicted molar refractivity (Wildman–Crippen MR) is 65.2 cm³/mol. The van der Waals surface area contributed by atoms with Crippen molar-refractivity contribution in [2.45, 2.75) is 20.8 Å². The van der Waals surface area contributed by atoms with Gasteiger partial charge in [-0.05, 0) is 37.8 Å². The van der Waals surface area contributed by atoms with Crippen molar-refractivity contribution in [2.75, 3.05) is 6.61 Å². The fourth-order valence-corrected chi connectivity index (χ4v) is 2.50. The van der Waals surface area contributed by atoms with Crippen molar-refractivity contribution < 1.29 is 14.1 Å². The molecule has 0 radical (unpaired) electrons. The Morgan fingerprint density at radius 3 is 2.88 bits per heavy atom. The third-order valence-corrected chi connectivity index (χ3v) is 3.44. The van der Waals surface area contributed by atoms with Crippen LogP contribution >= 0.6 is 11.3 Å². The molecule has 2 aromatic rings. The number of carbonyl (C=O) groups is 1. The largest absolute Gasteiger partial charge is 0.462 e. The second kappa shape index (κ2) is 4.71. The lowest BCUT2D eigenvalue weighted by molar-refractivity contribution is 0.0525. The van der Waals surface area contributed by atoms with E-state index < -0.39 is 0 Å². The van der Waals surface area contributed by atoms with Gasteiger partial charge in [0.25, 0.3) is 0 Å². The first kappa shape index (κ1) is 11.9. The van der Waals surface area contributed by atoms with Crippen LogP contribution in [0.15, 0.2) is 16.0 Å². The van der Waals surface area contributed by atoms with E-state index in [1.165, 1.54) is 11.3 Å². The van der Waals surface area contributed by atoms with Gasteiger partial charge < -0.3 is 9.26 Å². The lowest BCUT2D eigenvalue weighted by Crippen LogP contribution is -2.06. The maximum atomic E-state index is 11.8. The zero-order valence-electron chi connectivity index (χ0n) is 9.94. The van der Waals surface area contributed by atoms with E-state index >= 15 is 0 Å². The van der Waals surface area contributed by atoms with E-state index in [1.54, 1.807) is 13.8 Å². The number of esters is 1. The summed E-state index contributed by atoms with van der Waals surface area (Å²) in [6.07, 6.45) is 0. The Labute approximate surface area is 103 Å². The van der Waals surface area contributed by atoms with E-state index in [0.717, 1.165) is 10.4 Å².